The Labute approximate surface area is 253 Å². The average molecular weight is 569 g/mol. The molecular formula is C37H36N4O2. The van der Waals surface area contributed by atoms with Crippen LogP contribution in [0.1, 0.15) is 55.1 Å². The van der Waals surface area contributed by atoms with E-state index in [2.05, 4.69) is 89.6 Å². The Morgan fingerprint density at radius 1 is 0.837 bits per heavy atom. The fourth-order valence-corrected chi connectivity index (χ4v) is 5.95. The number of nitrogen functional groups attached to an aromatic ring is 1. The van der Waals surface area contributed by atoms with Crippen molar-refractivity contribution in [1.29, 1.82) is 0 Å². The second-order valence-electron chi connectivity index (χ2n) is 11.8. The van der Waals surface area contributed by atoms with Crippen molar-refractivity contribution in [2.24, 2.45) is 0 Å². The third kappa shape index (κ3) is 5.44. The zero-order valence-corrected chi connectivity index (χ0v) is 24.8. The highest BCUT2D eigenvalue weighted by atomic mass is 16.6. The summed E-state index contributed by atoms with van der Waals surface area (Å²) < 4.78 is 7.91. The van der Waals surface area contributed by atoms with Crippen LogP contribution in [0.15, 0.2) is 122 Å². The van der Waals surface area contributed by atoms with Crippen molar-refractivity contribution in [3.8, 4) is 0 Å². The predicted molar refractivity (Wildman–Crippen MR) is 174 cm³/mol. The molecule has 5 aromatic rings. The van der Waals surface area contributed by atoms with Gasteiger partial charge in [0.1, 0.15) is 11.1 Å². The fourth-order valence-electron chi connectivity index (χ4n) is 5.95. The molecule has 2 N–H and O–H groups in total. The Morgan fingerprint density at radius 2 is 1.40 bits per heavy atom. The minimum atomic E-state index is -0.643. The molecule has 6 heteroatoms. The van der Waals surface area contributed by atoms with Crippen molar-refractivity contribution in [3.05, 3.63) is 150 Å². The lowest BCUT2D eigenvalue weighted by Gasteiger charge is -2.37. The summed E-state index contributed by atoms with van der Waals surface area (Å²) >= 11 is 0. The molecule has 0 atom stereocenters. The van der Waals surface area contributed by atoms with Crippen LogP contribution in [-0.2, 0) is 10.3 Å². The molecule has 43 heavy (non-hydrogen) atoms. The van der Waals surface area contributed by atoms with Crippen LogP contribution in [0.5, 0.6) is 0 Å². The van der Waals surface area contributed by atoms with Gasteiger partial charge in [-0.1, -0.05) is 91.0 Å². The van der Waals surface area contributed by atoms with Gasteiger partial charge in [-0.25, -0.2) is 9.78 Å². The molecule has 4 aromatic carbocycles. The highest BCUT2D eigenvalue weighted by Crippen LogP contribution is 2.42. The number of hydrogen-bond acceptors (Lipinski definition) is 4. The Morgan fingerprint density at radius 3 is 1.93 bits per heavy atom. The molecule has 2 heterocycles. The monoisotopic (exact) mass is 568 g/mol. The third-order valence-corrected chi connectivity index (χ3v) is 7.76. The maximum atomic E-state index is 13.1. The van der Waals surface area contributed by atoms with E-state index in [0.29, 0.717) is 18.7 Å². The fraction of sp³-hybridized carbons (Fsp3) is 0.189. The number of ether oxygens (including phenoxy) is 1. The second-order valence-corrected chi connectivity index (χ2v) is 11.8. The number of hydrogen-bond donors (Lipinski definition) is 1. The molecule has 0 fully saturated rings. The van der Waals surface area contributed by atoms with Crippen molar-refractivity contribution in [3.63, 3.8) is 0 Å². The normalized spacial score (nSPS) is 14.4. The van der Waals surface area contributed by atoms with Gasteiger partial charge in [-0.05, 0) is 73.7 Å². The number of imidazole rings is 1. The van der Waals surface area contributed by atoms with Gasteiger partial charge in [-0.15, -0.1) is 0 Å². The molecule has 1 aromatic heterocycles. The lowest BCUT2D eigenvalue weighted by molar-refractivity contribution is 0.0580. The Balaban J connectivity index is 1.47. The van der Waals surface area contributed by atoms with Gasteiger partial charge < -0.3 is 15.0 Å². The van der Waals surface area contributed by atoms with Crippen molar-refractivity contribution in [2.45, 2.75) is 38.3 Å². The van der Waals surface area contributed by atoms with Crippen LogP contribution in [0.4, 0.5) is 16.2 Å². The quantitative estimate of drug-likeness (QED) is 0.172. The minimum absolute atomic E-state index is 0.361. The van der Waals surface area contributed by atoms with Crippen molar-refractivity contribution < 1.29 is 9.53 Å². The van der Waals surface area contributed by atoms with E-state index in [-0.39, 0.29) is 6.09 Å². The maximum Gasteiger partial charge on any atom is 0.414 e. The Kier molecular flexibility index (Phi) is 7.36. The lowest BCUT2D eigenvalue weighted by Crippen LogP contribution is -2.39. The lowest BCUT2D eigenvalue weighted by atomic mass is 9.77. The van der Waals surface area contributed by atoms with Gasteiger partial charge in [0.15, 0.2) is 0 Å². The molecule has 0 saturated carbocycles. The van der Waals surface area contributed by atoms with Crippen molar-refractivity contribution in [1.82, 2.24) is 9.55 Å². The van der Waals surface area contributed by atoms with Crippen LogP contribution in [0.3, 0.4) is 0 Å². The first-order valence-corrected chi connectivity index (χ1v) is 14.6. The second kappa shape index (κ2) is 11.3. The molecule has 6 nitrogen and oxygen atoms in total. The van der Waals surface area contributed by atoms with E-state index in [1.807, 2.05) is 63.5 Å². The minimum Gasteiger partial charge on any atom is -0.443 e. The molecule has 1 aliphatic heterocycles. The van der Waals surface area contributed by atoms with Gasteiger partial charge in [-0.2, -0.15) is 0 Å². The summed E-state index contributed by atoms with van der Waals surface area (Å²) in [5, 5.41) is 0. The van der Waals surface area contributed by atoms with Gasteiger partial charge in [0.2, 0.25) is 0 Å². The summed E-state index contributed by atoms with van der Waals surface area (Å²) in [6.07, 6.45) is 6.40. The summed E-state index contributed by atoms with van der Waals surface area (Å²) in [5.41, 5.74) is 12.6. The Hall–Kier alpha value is -5.10. The smallest absolute Gasteiger partial charge is 0.414 e. The van der Waals surface area contributed by atoms with Gasteiger partial charge in [0.25, 0.3) is 0 Å². The van der Waals surface area contributed by atoms with E-state index in [1.54, 1.807) is 4.90 Å². The number of nitrogens with two attached hydrogens (primary N) is 1. The first kappa shape index (κ1) is 28.0. The number of amides is 1. The predicted octanol–water partition coefficient (Wildman–Crippen LogP) is 7.99. The first-order chi connectivity index (χ1) is 20.8. The van der Waals surface area contributed by atoms with E-state index in [9.17, 15) is 4.79 Å². The number of carbonyl (C=O) groups is 1. The topological polar surface area (TPSA) is 73.4 Å². The van der Waals surface area contributed by atoms with Crippen LogP contribution in [-0.4, -0.2) is 27.8 Å². The molecular weight excluding hydrogens is 532 g/mol. The molecule has 0 unspecified atom stereocenters. The van der Waals surface area contributed by atoms with E-state index in [4.69, 9.17) is 15.5 Å². The number of carbonyl (C=O) groups excluding carboxylic acids is 1. The first-order valence-electron chi connectivity index (χ1n) is 14.6. The maximum absolute atomic E-state index is 13.1. The highest BCUT2D eigenvalue weighted by molar-refractivity contribution is 5.98. The van der Waals surface area contributed by atoms with Gasteiger partial charge >= 0.3 is 6.09 Å². The third-order valence-electron chi connectivity index (χ3n) is 7.76. The average Bonchev–Trinajstić information content (AvgIpc) is 3.47. The molecule has 1 aliphatic rings. The number of nitrogens with zero attached hydrogens (tertiary/aromatic N) is 3. The van der Waals surface area contributed by atoms with E-state index >= 15 is 0 Å². The Bertz CT molecular complexity index is 1660. The summed E-state index contributed by atoms with van der Waals surface area (Å²) in [6.45, 7) is 6.13. The zero-order valence-electron chi connectivity index (χ0n) is 24.8. The molecule has 0 saturated heterocycles. The summed E-state index contributed by atoms with van der Waals surface area (Å²) in [6, 6.07) is 37.3. The molecule has 1 amide bonds. The number of rotatable bonds is 5. The highest BCUT2D eigenvalue weighted by Gasteiger charge is 2.38. The summed E-state index contributed by atoms with van der Waals surface area (Å²) in [5.74, 6) is 0. The number of aromatic nitrogens is 2. The van der Waals surface area contributed by atoms with E-state index in [1.165, 1.54) is 0 Å². The van der Waals surface area contributed by atoms with Gasteiger partial charge in [0, 0.05) is 24.0 Å². The molecule has 0 radical (unpaired) electrons. The van der Waals surface area contributed by atoms with Gasteiger partial charge in [0.05, 0.1) is 17.7 Å². The van der Waals surface area contributed by atoms with Crippen LogP contribution >= 0.6 is 0 Å². The van der Waals surface area contributed by atoms with Crippen LogP contribution in [0, 0.1) is 0 Å². The summed E-state index contributed by atoms with van der Waals surface area (Å²) in [4.78, 5) is 19.7. The van der Waals surface area contributed by atoms with Crippen LogP contribution in [0.25, 0.3) is 11.6 Å². The number of anilines is 2. The van der Waals surface area contributed by atoms with Crippen LogP contribution in [0.2, 0.25) is 0 Å². The molecule has 0 spiro atoms. The number of benzene rings is 4. The standard InChI is InChI=1S/C37H36N4O2/c1-36(2,3)43-35(42)41-22-21-27(33-24-31(38)19-20-34(33)41)23-32-25-40(26-39-32)37(28-13-7-4-8-14-28,29-15-9-5-10-16-29)30-17-11-6-12-18-30/h4-20,23-26H,21-22,38H2,1-3H3/b27-23+. The number of fused-ring (bicyclic) bond motifs is 1. The van der Waals surface area contributed by atoms with E-state index < -0.39 is 11.1 Å². The SMILES string of the molecule is CC(C)(C)OC(=O)N1CC/C(=C\c2cn(C(c3ccccc3)(c3ccccc3)c3ccccc3)cn2)c2cc(N)ccc21. The van der Waals surface area contributed by atoms with Crippen molar-refractivity contribution in [2.75, 3.05) is 17.2 Å². The molecule has 216 valence electrons. The summed E-state index contributed by atoms with van der Waals surface area (Å²) in [7, 11) is 0. The largest absolute Gasteiger partial charge is 0.443 e. The van der Waals surface area contributed by atoms with Crippen molar-refractivity contribution >= 4 is 29.1 Å². The molecule has 0 bridgehead atoms. The molecule has 6 rings (SSSR count). The zero-order chi connectivity index (χ0) is 30.0. The van der Waals surface area contributed by atoms with E-state index in [0.717, 1.165) is 39.2 Å². The van der Waals surface area contributed by atoms with Crippen LogP contribution < -0.4 is 10.6 Å². The van der Waals surface area contributed by atoms with Gasteiger partial charge in [-0.3, -0.25) is 4.90 Å². The molecule has 0 aliphatic carbocycles.